The van der Waals surface area contributed by atoms with E-state index in [4.69, 9.17) is 4.74 Å². The Morgan fingerprint density at radius 3 is 2.06 bits per heavy atom. The molecular formula is C12H22F2O2. The number of halogens is 2. The van der Waals surface area contributed by atoms with Crippen molar-refractivity contribution < 1.29 is 18.3 Å². The van der Waals surface area contributed by atoms with Crippen LogP contribution in [0.15, 0.2) is 0 Å². The molecule has 0 aliphatic carbocycles. The van der Waals surface area contributed by atoms with E-state index < -0.39 is 11.3 Å². The molecule has 0 fully saturated rings. The molecule has 0 bridgehead atoms. The van der Waals surface area contributed by atoms with Gasteiger partial charge in [0.1, 0.15) is 0 Å². The minimum Gasteiger partial charge on any atom is -0.465 e. The third kappa shape index (κ3) is 8.62. The number of carbonyl (C=O) groups is 1. The smallest absolute Gasteiger partial charge is 0.311 e. The lowest BCUT2D eigenvalue weighted by molar-refractivity contribution is -0.153. The Labute approximate surface area is 96.4 Å². The van der Waals surface area contributed by atoms with E-state index in [1.54, 1.807) is 20.8 Å². The number of esters is 1. The second-order valence-corrected chi connectivity index (χ2v) is 5.27. The van der Waals surface area contributed by atoms with Crippen LogP contribution < -0.4 is 0 Å². The summed E-state index contributed by atoms with van der Waals surface area (Å²) < 4.78 is 29.9. The lowest BCUT2D eigenvalue weighted by Crippen LogP contribution is -2.23. The van der Waals surface area contributed by atoms with Crippen molar-refractivity contribution in [3.8, 4) is 0 Å². The highest BCUT2D eigenvalue weighted by Gasteiger charge is 2.23. The van der Waals surface area contributed by atoms with Crippen LogP contribution in [0, 0.1) is 5.41 Å². The molecule has 0 aromatic carbocycles. The fourth-order valence-electron chi connectivity index (χ4n) is 1.10. The molecule has 2 nitrogen and oxygen atoms in total. The van der Waals surface area contributed by atoms with Crippen molar-refractivity contribution in [2.24, 2.45) is 5.41 Å². The molecule has 0 N–H and O–H groups in total. The molecule has 16 heavy (non-hydrogen) atoms. The summed E-state index contributed by atoms with van der Waals surface area (Å²) in [4.78, 5) is 11.3. The predicted molar refractivity (Wildman–Crippen MR) is 59.5 cm³/mol. The number of hydrogen-bond donors (Lipinski definition) is 0. The molecule has 0 aromatic heterocycles. The van der Waals surface area contributed by atoms with Crippen molar-refractivity contribution in [1.82, 2.24) is 0 Å². The van der Waals surface area contributed by atoms with Gasteiger partial charge in [-0.1, -0.05) is 0 Å². The maximum absolute atomic E-state index is 12.4. The van der Waals surface area contributed by atoms with Gasteiger partial charge < -0.3 is 4.74 Å². The lowest BCUT2D eigenvalue weighted by Gasteiger charge is -2.16. The summed E-state index contributed by atoms with van der Waals surface area (Å²) in [6.07, 6.45) is 1.69. The number of unbranched alkanes of at least 4 members (excludes halogenated alkanes) is 2. The number of rotatable bonds is 6. The average Bonchev–Trinajstić information content (AvgIpc) is 2.07. The van der Waals surface area contributed by atoms with Gasteiger partial charge in [0.15, 0.2) is 0 Å². The van der Waals surface area contributed by atoms with E-state index in [-0.39, 0.29) is 12.4 Å². The highest BCUT2D eigenvalue weighted by molar-refractivity contribution is 5.75. The zero-order chi connectivity index (χ0) is 12.8. The summed E-state index contributed by atoms with van der Waals surface area (Å²) >= 11 is 0. The molecule has 0 aliphatic heterocycles. The quantitative estimate of drug-likeness (QED) is 0.518. The SMILES string of the molecule is CC(F)(F)CCCCCOC(=O)C(C)(C)C. The summed E-state index contributed by atoms with van der Waals surface area (Å²) in [5.74, 6) is -2.82. The topological polar surface area (TPSA) is 26.3 Å². The largest absolute Gasteiger partial charge is 0.465 e. The molecule has 0 unspecified atom stereocenters. The molecule has 0 aliphatic rings. The Morgan fingerprint density at radius 2 is 1.62 bits per heavy atom. The van der Waals surface area contributed by atoms with E-state index >= 15 is 0 Å². The Hall–Kier alpha value is -0.670. The molecule has 96 valence electrons. The molecule has 0 saturated carbocycles. The Bertz CT molecular complexity index is 214. The van der Waals surface area contributed by atoms with Crippen molar-refractivity contribution in [2.45, 2.75) is 59.3 Å². The summed E-state index contributed by atoms with van der Waals surface area (Å²) in [7, 11) is 0. The van der Waals surface area contributed by atoms with Gasteiger partial charge in [-0.15, -0.1) is 0 Å². The first kappa shape index (κ1) is 15.3. The fraction of sp³-hybridized carbons (Fsp3) is 0.917. The first-order valence-electron chi connectivity index (χ1n) is 5.68. The summed E-state index contributed by atoms with van der Waals surface area (Å²) in [5.41, 5.74) is -0.490. The maximum atomic E-state index is 12.4. The highest BCUT2D eigenvalue weighted by Crippen LogP contribution is 2.20. The van der Waals surface area contributed by atoms with Gasteiger partial charge >= 0.3 is 5.97 Å². The van der Waals surface area contributed by atoms with Crippen molar-refractivity contribution in [3.63, 3.8) is 0 Å². The van der Waals surface area contributed by atoms with Gasteiger partial charge in [-0.3, -0.25) is 4.79 Å². The van der Waals surface area contributed by atoms with Gasteiger partial charge in [0, 0.05) is 6.42 Å². The van der Waals surface area contributed by atoms with Crippen LogP contribution in [0.1, 0.15) is 53.4 Å². The molecule has 0 aromatic rings. The third-order valence-corrected chi connectivity index (χ3v) is 2.11. The Morgan fingerprint density at radius 1 is 1.06 bits per heavy atom. The molecule has 0 amide bonds. The summed E-state index contributed by atoms with van der Waals surface area (Å²) in [6, 6.07) is 0. The second-order valence-electron chi connectivity index (χ2n) is 5.27. The van der Waals surface area contributed by atoms with Gasteiger partial charge in [-0.05, 0) is 47.0 Å². The van der Waals surface area contributed by atoms with Gasteiger partial charge in [0.25, 0.3) is 0 Å². The van der Waals surface area contributed by atoms with E-state index in [1.807, 2.05) is 0 Å². The van der Waals surface area contributed by atoms with Crippen LogP contribution in [0.4, 0.5) is 8.78 Å². The second kappa shape index (κ2) is 6.16. The zero-order valence-corrected chi connectivity index (χ0v) is 10.6. The predicted octanol–water partition coefficient (Wildman–Crippen LogP) is 3.79. The molecule has 0 heterocycles. The van der Waals surface area contributed by atoms with E-state index in [0.29, 0.717) is 25.9 Å². The number of ether oxygens (including phenoxy) is 1. The van der Waals surface area contributed by atoms with E-state index in [2.05, 4.69) is 0 Å². The Kier molecular flexibility index (Phi) is 5.90. The van der Waals surface area contributed by atoms with Crippen molar-refractivity contribution in [1.29, 1.82) is 0 Å². The van der Waals surface area contributed by atoms with Crippen LogP contribution in [0.3, 0.4) is 0 Å². The summed E-state index contributed by atoms with van der Waals surface area (Å²) in [5, 5.41) is 0. The van der Waals surface area contributed by atoms with Crippen molar-refractivity contribution in [3.05, 3.63) is 0 Å². The minimum atomic E-state index is -2.58. The van der Waals surface area contributed by atoms with Gasteiger partial charge in [-0.25, -0.2) is 8.78 Å². The molecule has 4 heteroatoms. The number of hydrogen-bond acceptors (Lipinski definition) is 2. The average molecular weight is 236 g/mol. The van der Waals surface area contributed by atoms with Crippen LogP contribution >= 0.6 is 0 Å². The lowest BCUT2D eigenvalue weighted by atomic mass is 9.97. The van der Waals surface area contributed by atoms with Crippen LogP contribution in [0.5, 0.6) is 0 Å². The molecule has 0 rings (SSSR count). The Balaban J connectivity index is 3.45. The minimum absolute atomic E-state index is 0.0970. The third-order valence-electron chi connectivity index (χ3n) is 2.11. The van der Waals surface area contributed by atoms with Gasteiger partial charge in [0.05, 0.1) is 12.0 Å². The number of carbonyl (C=O) groups excluding carboxylic acids is 1. The molecule has 0 atom stereocenters. The normalized spacial score (nSPS) is 12.6. The monoisotopic (exact) mass is 236 g/mol. The van der Waals surface area contributed by atoms with Crippen LogP contribution in [-0.4, -0.2) is 18.5 Å². The molecular weight excluding hydrogens is 214 g/mol. The first-order chi connectivity index (χ1) is 7.13. The van der Waals surface area contributed by atoms with E-state index in [0.717, 1.165) is 6.92 Å². The van der Waals surface area contributed by atoms with Crippen LogP contribution in [0.2, 0.25) is 0 Å². The van der Waals surface area contributed by atoms with Crippen LogP contribution in [-0.2, 0) is 9.53 Å². The zero-order valence-electron chi connectivity index (χ0n) is 10.6. The van der Waals surface area contributed by atoms with E-state index in [1.165, 1.54) is 0 Å². The van der Waals surface area contributed by atoms with Crippen LogP contribution in [0.25, 0.3) is 0 Å². The van der Waals surface area contributed by atoms with Crippen molar-refractivity contribution >= 4 is 5.97 Å². The summed E-state index contributed by atoms with van der Waals surface area (Å²) in [6.45, 7) is 6.60. The fourth-order valence-corrected chi connectivity index (χ4v) is 1.10. The number of alkyl halides is 2. The first-order valence-corrected chi connectivity index (χ1v) is 5.68. The van der Waals surface area contributed by atoms with Crippen molar-refractivity contribution in [2.75, 3.05) is 6.61 Å². The standard InChI is InChI=1S/C12H22F2O2/c1-11(2,3)10(15)16-9-7-5-6-8-12(4,13)14/h5-9H2,1-4H3. The molecule has 0 spiro atoms. The maximum Gasteiger partial charge on any atom is 0.311 e. The molecule has 0 saturated heterocycles. The molecule has 0 radical (unpaired) electrons. The van der Waals surface area contributed by atoms with Gasteiger partial charge in [0.2, 0.25) is 5.92 Å². The highest BCUT2D eigenvalue weighted by atomic mass is 19.3. The van der Waals surface area contributed by atoms with Gasteiger partial charge in [-0.2, -0.15) is 0 Å². The van der Waals surface area contributed by atoms with E-state index in [9.17, 15) is 13.6 Å².